The Kier molecular flexibility index (Phi) is 11.8. The third-order valence-corrected chi connectivity index (χ3v) is 4.20. The van der Waals surface area contributed by atoms with Crippen molar-refractivity contribution >= 4 is 17.7 Å². The van der Waals surface area contributed by atoms with Crippen LogP contribution < -0.4 is 10.5 Å². The van der Waals surface area contributed by atoms with Gasteiger partial charge in [-0.2, -0.15) is 0 Å². The molecule has 0 aliphatic carbocycles. The lowest BCUT2D eigenvalue weighted by molar-refractivity contribution is -0.138. The third-order valence-electron chi connectivity index (χ3n) is 4.20. The first-order chi connectivity index (χ1) is 14.9. The number of benzene rings is 2. The lowest BCUT2D eigenvalue weighted by atomic mass is 10.0. The van der Waals surface area contributed by atoms with Crippen molar-refractivity contribution in [3.8, 4) is 5.75 Å². The minimum Gasteiger partial charge on any atom is -0.480 e. The Bertz CT molecular complexity index is 850. The van der Waals surface area contributed by atoms with Gasteiger partial charge in [0.1, 0.15) is 11.8 Å². The monoisotopic (exact) mass is 429 g/mol. The van der Waals surface area contributed by atoms with Gasteiger partial charge in [-0.1, -0.05) is 50.2 Å². The number of nitrogens with two attached hydrogens (primary N) is 1. The summed E-state index contributed by atoms with van der Waals surface area (Å²) in [7, 11) is 0. The van der Waals surface area contributed by atoms with Gasteiger partial charge < -0.3 is 20.3 Å². The van der Waals surface area contributed by atoms with Crippen molar-refractivity contribution in [3.63, 3.8) is 0 Å². The van der Waals surface area contributed by atoms with Gasteiger partial charge >= 0.3 is 11.9 Å². The molecular formula is C24H31NO6. The van der Waals surface area contributed by atoms with E-state index in [1.54, 1.807) is 6.07 Å². The Balaban J connectivity index is 0.00000233. The molecule has 31 heavy (non-hydrogen) atoms. The molecule has 1 atom stereocenters. The molecule has 0 heterocycles. The van der Waals surface area contributed by atoms with E-state index in [4.69, 9.17) is 20.3 Å². The number of carboxylic acid groups (broad SMARTS) is 1. The summed E-state index contributed by atoms with van der Waals surface area (Å²) in [5, 5.41) is 8.91. The van der Waals surface area contributed by atoms with E-state index in [9.17, 15) is 14.4 Å². The number of Topliss-reactive ketones (excluding diaryl/α,β-unsaturated/α-hetero) is 1. The van der Waals surface area contributed by atoms with Crippen LogP contribution in [0.2, 0.25) is 0 Å². The van der Waals surface area contributed by atoms with Crippen LogP contribution in [-0.2, 0) is 27.4 Å². The van der Waals surface area contributed by atoms with Crippen LogP contribution in [0.1, 0.15) is 55.1 Å². The van der Waals surface area contributed by atoms with Crippen LogP contribution in [0.15, 0.2) is 48.5 Å². The lowest BCUT2D eigenvalue weighted by Crippen LogP contribution is -2.32. The topological polar surface area (TPSA) is 116 Å². The molecule has 0 spiro atoms. The molecule has 1 unspecified atom stereocenters. The summed E-state index contributed by atoms with van der Waals surface area (Å²) in [5.74, 6) is -1.73. The first-order valence-corrected chi connectivity index (χ1v) is 10.3. The molecule has 0 aliphatic rings. The van der Waals surface area contributed by atoms with Crippen molar-refractivity contribution in [1.29, 1.82) is 0 Å². The van der Waals surface area contributed by atoms with Gasteiger partial charge in [-0.25, -0.2) is 0 Å². The number of aliphatic carboxylic acids is 1. The number of carboxylic acids is 1. The summed E-state index contributed by atoms with van der Waals surface area (Å²) in [5.41, 5.74) is 7.39. The minimum atomic E-state index is -1.13. The average molecular weight is 430 g/mol. The van der Waals surface area contributed by atoms with Gasteiger partial charge in [-0.05, 0) is 43.0 Å². The van der Waals surface area contributed by atoms with Crippen LogP contribution in [0.5, 0.6) is 5.75 Å². The SMILES string of the molecule is CC.CC(=O)c1cc(CC(N)C(=O)O)ccc1OC(=O)CCCOCc1ccccc1. The maximum absolute atomic E-state index is 12.1. The molecule has 0 saturated carbocycles. The predicted molar refractivity (Wildman–Crippen MR) is 118 cm³/mol. The Morgan fingerprint density at radius 3 is 2.32 bits per heavy atom. The van der Waals surface area contributed by atoms with Crippen molar-refractivity contribution < 1.29 is 29.0 Å². The molecule has 0 saturated heterocycles. The maximum Gasteiger partial charge on any atom is 0.320 e. The number of esters is 1. The second-order valence-electron chi connectivity index (χ2n) is 6.65. The van der Waals surface area contributed by atoms with Crippen molar-refractivity contribution in [1.82, 2.24) is 0 Å². The van der Waals surface area contributed by atoms with Crippen LogP contribution in [-0.4, -0.2) is 35.5 Å². The van der Waals surface area contributed by atoms with Crippen LogP contribution >= 0.6 is 0 Å². The molecule has 0 radical (unpaired) electrons. The fraction of sp³-hybridized carbons (Fsp3) is 0.375. The van der Waals surface area contributed by atoms with Gasteiger partial charge in [0.2, 0.25) is 0 Å². The summed E-state index contributed by atoms with van der Waals surface area (Å²) >= 11 is 0. The Labute approximate surface area is 183 Å². The van der Waals surface area contributed by atoms with E-state index in [0.29, 0.717) is 25.2 Å². The summed E-state index contributed by atoms with van der Waals surface area (Å²) in [6.07, 6.45) is 0.715. The fourth-order valence-corrected chi connectivity index (χ4v) is 2.67. The van der Waals surface area contributed by atoms with E-state index >= 15 is 0 Å². The first-order valence-electron chi connectivity index (χ1n) is 10.3. The number of ether oxygens (including phenoxy) is 2. The van der Waals surface area contributed by atoms with E-state index in [1.165, 1.54) is 19.1 Å². The highest BCUT2D eigenvalue weighted by molar-refractivity contribution is 5.97. The Hall–Kier alpha value is -3.03. The number of carbonyl (C=O) groups excluding carboxylic acids is 2. The summed E-state index contributed by atoms with van der Waals surface area (Å²) in [6.45, 7) is 6.24. The highest BCUT2D eigenvalue weighted by Gasteiger charge is 2.17. The number of rotatable bonds is 11. The highest BCUT2D eigenvalue weighted by Crippen LogP contribution is 2.22. The molecule has 3 N–H and O–H groups in total. The molecule has 7 nitrogen and oxygen atoms in total. The van der Waals surface area contributed by atoms with Gasteiger partial charge in [0.05, 0.1) is 12.2 Å². The number of ketones is 1. The molecular weight excluding hydrogens is 398 g/mol. The quantitative estimate of drug-likeness (QED) is 0.242. The molecule has 168 valence electrons. The number of hydrogen-bond donors (Lipinski definition) is 2. The van der Waals surface area contributed by atoms with Crippen LogP contribution in [0.3, 0.4) is 0 Å². The van der Waals surface area contributed by atoms with E-state index in [-0.39, 0.29) is 29.9 Å². The zero-order chi connectivity index (χ0) is 23.2. The maximum atomic E-state index is 12.1. The zero-order valence-corrected chi connectivity index (χ0v) is 18.3. The van der Waals surface area contributed by atoms with Crippen LogP contribution in [0, 0.1) is 0 Å². The summed E-state index contributed by atoms with van der Waals surface area (Å²) < 4.78 is 10.8. The van der Waals surface area contributed by atoms with Crippen molar-refractivity contribution in [3.05, 3.63) is 65.2 Å². The molecule has 2 aromatic carbocycles. The molecule has 0 aliphatic heterocycles. The molecule has 2 aromatic rings. The minimum absolute atomic E-state index is 0.0720. The second-order valence-corrected chi connectivity index (χ2v) is 6.65. The summed E-state index contributed by atoms with van der Waals surface area (Å²) in [6, 6.07) is 13.3. The van der Waals surface area contributed by atoms with Gasteiger partial charge in [0.25, 0.3) is 0 Å². The second kappa shape index (κ2) is 14.1. The van der Waals surface area contributed by atoms with E-state index in [1.807, 2.05) is 44.2 Å². The average Bonchev–Trinajstić information content (AvgIpc) is 2.76. The van der Waals surface area contributed by atoms with E-state index in [0.717, 1.165) is 5.56 Å². The zero-order valence-electron chi connectivity index (χ0n) is 18.3. The molecule has 7 heteroatoms. The van der Waals surface area contributed by atoms with Crippen molar-refractivity contribution in [2.24, 2.45) is 5.73 Å². The van der Waals surface area contributed by atoms with Crippen LogP contribution in [0.4, 0.5) is 0 Å². The number of carbonyl (C=O) groups is 3. The molecule has 0 bridgehead atoms. The van der Waals surface area contributed by atoms with Crippen LogP contribution in [0.25, 0.3) is 0 Å². The van der Waals surface area contributed by atoms with E-state index < -0.39 is 18.0 Å². The van der Waals surface area contributed by atoms with Crippen molar-refractivity contribution in [2.75, 3.05) is 6.61 Å². The fourth-order valence-electron chi connectivity index (χ4n) is 2.67. The van der Waals surface area contributed by atoms with Gasteiger partial charge in [0, 0.05) is 13.0 Å². The predicted octanol–water partition coefficient (Wildman–Crippen LogP) is 3.77. The number of hydrogen-bond acceptors (Lipinski definition) is 6. The Morgan fingerprint density at radius 1 is 1.03 bits per heavy atom. The molecule has 2 rings (SSSR count). The largest absolute Gasteiger partial charge is 0.480 e. The smallest absolute Gasteiger partial charge is 0.320 e. The molecule has 0 fully saturated rings. The van der Waals surface area contributed by atoms with Gasteiger partial charge in [0.15, 0.2) is 5.78 Å². The normalized spacial score (nSPS) is 11.1. The van der Waals surface area contributed by atoms with Gasteiger partial charge in [-0.15, -0.1) is 0 Å². The van der Waals surface area contributed by atoms with Crippen molar-refractivity contribution in [2.45, 2.75) is 52.7 Å². The standard InChI is InChI=1S/C22H25NO6.C2H6/c1-15(24)18-12-17(13-19(23)22(26)27)9-10-20(18)29-21(25)8-5-11-28-14-16-6-3-2-4-7-16;1-2/h2-4,6-7,9-10,12,19H,5,8,11,13-14,23H2,1H3,(H,26,27);1-2H3. The van der Waals surface area contributed by atoms with Gasteiger partial charge in [-0.3, -0.25) is 14.4 Å². The third kappa shape index (κ3) is 9.55. The first kappa shape index (κ1) is 26.0. The molecule has 0 aromatic heterocycles. The Morgan fingerprint density at radius 2 is 1.71 bits per heavy atom. The highest BCUT2D eigenvalue weighted by atomic mass is 16.5. The van der Waals surface area contributed by atoms with E-state index in [2.05, 4.69) is 0 Å². The lowest BCUT2D eigenvalue weighted by Gasteiger charge is -2.12. The summed E-state index contributed by atoms with van der Waals surface area (Å²) in [4.78, 5) is 34.9. The molecule has 0 amide bonds.